The van der Waals surface area contributed by atoms with E-state index in [1.54, 1.807) is 0 Å². The van der Waals surface area contributed by atoms with Gasteiger partial charge in [0.1, 0.15) is 0 Å². The first-order chi connectivity index (χ1) is 8.52. The van der Waals surface area contributed by atoms with E-state index in [1.807, 2.05) is 0 Å². The summed E-state index contributed by atoms with van der Waals surface area (Å²) in [4.78, 5) is 15.0. The average Bonchev–Trinajstić information content (AvgIpc) is 2.32. The fourth-order valence-electron chi connectivity index (χ4n) is 2.00. The Morgan fingerprint density at radius 3 is 2.83 bits per heavy atom. The van der Waals surface area contributed by atoms with E-state index in [9.17, 15) is 4.79 Å². The number of hydrogen-bond acceptors (Lipinski definition) is 3. The smallest absolute Gasteiger partial charge is 0.303 e. The van der Waals surface area contributed by atoms with Crippen molar-refractivity contribution >= 4 is 5.97 Å². The molecule has 1 rings (SSSR count). The van der Waals surface area contributed by atoms with Gasteiger partial charge in [0, 0.05) is 26.1 Å². The van der Waals surface area contributed by atoms with Crippen LogP contribution in [0.25, 0.3) is 0 Å². The zero-order chi connectivity index (χ0) is 13.5. The van der Waals surface area contributed by atoms with Crippen molar-refractivity contribution in [1.82, 2.24) is 9.80 Å². The van der Waals surface area contributed by atoms with Crippen LogP contribution < -0.4 is 0 Å². The fourth-order valence-corrected chi connectivity index (χ4v) is 2.00. The number of aliphatic carboxylic acids is 1. The van der Waals surface area contributed by atoms with Crippen molar-refractivity contribution in [3.8, 4) is 0 Å². The molecule has 0 saturated carbocycles. The van der Waals surface area contributed by atoms with Gasteiger partial charge >= 0.3 is 5.97 Å². The van der Waals surface area contributed by atoms with Gasteiger partial charge in [-0.15, -0.1) is 0 Å². The molecule has 18 heavy (non-hydrogen) atoms. The van der Waals surface area contributed by atoms with Crippen LogP contribution in [0.4, 0.5) is 0 Å². The SMILES string of the molecule is CCN(CCCC(=O)O)CC1=CC(C)N(C)C=C1. The van der Waals surface area contributed by atoms with Gasteiger partial charge < -0.3 is 10.0 Å². The molecule has 1 unspecified atom stereocenters. The third-order valence-electron chi connectivity index (χ3n) is 3.34. The Kier molecular flexibility index (Phi) is 5.92. The monoisotopic (exact) mass is 252 g/mol. The number of nitrogens with zero attached hydrogens (tertiary/aromatic N) is 2. The van der Waals surface area contributed by atoms with Crippen molar-refractivity contribution < 1.29 is 9.90 Å². The van der Waals surface area contributed by atoms with E-state index >= 15 is 0 Å². The second-order valence-electron chi connectivity index (χ2n) is 4.83. The van der Waals surface area contributed by atoms with Crippen molar-refractivity contribution in [2.45, 2.75) is 32.7 Å². The van der Waals surface area contributed by atoms with Crippen molar-refractivity contribution in [2.24, 2.45) is 0 Å². The molecule has 0 aliphatic carbocycles. The zero-order valence-electron chi connectivity index (χ0n) is 11.6. The van der Waals surface area contributed by atoms with Crippen LogP contribution in [0.3, 0.4) is 0 Å². The van der Waals surface area contributed by atoms with Crippen LogP contribution in [0.15, 0.2) is 23.9 Å². The Bertz CT molecular complexity index is 337. The van der Waals surface area contributed by atoms with Gasteiger partial charge in [0.25, 0.3) is 0 Å². The number of carbonyl (C=O) groups is 1. The highest BCUT2D eigenvalue weighted by Crippen LogP contribution is 2.13. The van der Waals surface area contributed by atoms with E-state index in [4.69, 9.17) is 5.11 Å². The molecule has 0 spiro atoms. The summed E-state index contributed by atoms with van der Waals surface area (Å²) in [6.07, 6.45) is 7.48. The largest absolute Gasteiger partial charge is 0.481 e. The number of likely N-dealkylation sites (N-methyl/N-ethyl adjacent to an activating group) is 2. The Balaban J connectivity index is 2.41. The predicted molar refractivity (Wildman–Crippen MR) is 73.4 cm³/mol. The van der Waals surface area contributed by atoms with E-state index in [1.165, 1.54) is 5.57 Å². The molecule has 0 bridgehead atoms. The lowest BCUT2D eigenvalue weighted by Gasteiger charge is -2.27. The molecule has 1 heterocycles. The minimum atomic E-state index is -0.710. The molecule has 4 nitrogen and oxygen atoms in total. The maximum absolute atomic E-state index is 10.5. The minimum Gasteiger partial charge on any atom is -0.481 e. The Morgan fingerprint density at radius 2 is 2.28 bits per heavy atom. The van der Waals surface area contributed by atoms with Gasteiger partial charge in [0.15, 0.2) is 0 Å². The summed E-state index contributed by atoms with van der Waals surface area (Å²) in [5.41, 5.74) is 1.32. The molecule has 4 heteroatoms. The van der Waals surface area contributed by atoms with E-state index in [0.29, 0.717) is 6.04 Å². The van der Waals surface area contributed by atoms with Crippen molar-refractivity contribution in [3.63, 3.8) is 0 Å². The van der Waals surface area contributed by atoms with Crippen LogP contribution in [-0.2, 0) is 4.79 Å². The summed E-state index contributed by atoms with van der Waals surface area (Å²) in [7, 11) is 2.07. The van der Waals surface area contributed by atoms with E-state index in [0.717, 1.165) is 26.1 Å². The molecular weight excluding hydrogens is 228 g/mol. The van der Waals surface area contributed by atoms with Crippen LogP contribution in [-0.4, -0.2) is 53.6 Å². The molecule has 0 saturated heterocycles. The molecule has 1 aliphatic heterocycles. The fraction of sp³-hybridized carbons (Fsp3) is 0.643. The number of carboxylic acid groups (broad SMARTS) is 1. The molecule has 0 fully saturated rings. The number of carboxylic acids is 1. The molecule has 0 aromatic heterocycles. The second kappa shape index (κ2) is 7.21. The first-order valence-electron chi connectivity index (χ1n) is 6.58. The highest BCUT2D eigenvalue weighted by atomic mass is 16.4. The maximum Gasteiger partial charge on any atom is 0.303 e. The normalized spacial score (nSPS) is 19.2. The molecular formula is C14H24N2O2. The van der Waals surface area contributed by atoms with Crippen LogP contribution in [0.5, 0.6) is 0 Å². The van der Waals surface area contributed by atoms with E-state index < -0.39 is 5.97 Å². The van der Waals surface area contributed by atoms with Crippen molar-refractivity contribution in [3.05, 3.63) is 23.9 Å². The molecule has 1 atom stereocenters. The Hall–Kier alpha value is -1.29. The molecule has 0 aromatic rings. The van der Waals surface area contributed by atoms with Crippen LogP contribution in [0.1, 0.15) is 26.7 Å². The van der Waals surface area contributed by atoms with Gasteiger partial charge in [-0.1, -0.05) is 13.0 Å². The lowest BCUT2D eigenvalue weighted by atomic mass is 10.1. The molecule has 102 valence electrons. The quantitative estimate of drug-likeness (QED) is 0.752. The van der Waals surface area contributed by atoms with Gasteiger partial charge in [0.05, 0.1) is 0 Å². The van der Waals surface area contributed by atoms with Gasteiger partial charge in [-0.2, -0.15) is 0 Å². The summed E-state index contributed by atoms with van der Waals surface area (Å²) in [6, 6.07) is 0.433. The molecule has 0 amide bonds. The standard InChI is InChI=1S/C14H24N2O2/c1-4-16(8-5-6-14(17)18)11-13-7-9-15(3)12(2)10-13/h7,9-10,12H,4-6,8,11H2,1-3H3,(H,17,18). The van der Waals surface area contributed by atoms with Crippen LogP contribution in [0.2, 0.25) is 0 Å². The highest BCUT2D eigenvalue weighted by molar-refractivity contribution is 5.66. The van der Waals surface area contributed by atoms with Crippen LogP contribution in [0, 0.1) is 0 Å². The van der Waals surface area contributed by atoms with Gasteiger partial charge in [-0.25, -0.2) is 0 Å². The Labute approximate surface area is 110 Å². The van der Waals surface area contributed by atoms with E-state index in [-0.39, 0.29) is 6.42 Å². The molecule has 0 radical (unpaired) electrons. The zero-order valence-corrected chi connectivity index (χ0v) is 11.6. The lowest BCUT2D eigenvalue weighted by Crippen LogP contribution is -2.30. The van der Waals surface area contributed by atoms with Gasteiger partial charge in [0.2, 0.25) is 0 Å². The molecule has 1 N–H and O–H groups in total. The summed E-state index contributed by atoms with van der Waals surface area (Å²) in [6.45, 7) is 6.99. The van der Waals surface area contributed by atoms with Gasteiger partial charge in [-0.3, -0.25) is 9.69 Å². The summed E-state index contributed by atoms with van der Waals surface area (Å²) >= 11 is 0. The molecule has 0 aromatic carbocycles. The first kappa shape index (κ1) is 14.8. The first-order valence-corrected chi connectivity index (χ1v) is 6.58. The second-order valence-corrected chi connectivity index (χ2v) is 4.83. The maximum atomic E-state index is 10.5. The number of hydrogen-bond donors (Lipinski definition) is 1. The summed E-state index contributed by atoms with van der Waals surface area (Å²) in [5.74, 6) is -0.710. The minimum absolute atomic E-state index is 0.254. The Morgan fingerprint density at radius 1 is 1.56 bits per heavy atom. The predicted octanol–water partition coefficient (Wildman–Crippen LogP) is 1.95. The van der Waals surface area contributed by atoms with Gasteiger partial charge in [-0.05, 0) is 44.3 Å². The summed E-state index contributed by atoms with van der Waals surface area (Å²) < 4.78 is 0. The topological polar surface area (TPSA) is 43.8 Å². The lowest BCUT2D eigenvalue weighted by molar-refractivity contribution is -0.137. The number of rotatable bonds is 7. The average molecular weight is 252 g/mol. The van der Waals surface area contributed by atoms with Crippen molar-refractivity contribution in [1.29, 1.82) is 0 Å². The van der Waals surface area contributed by atoms with Crippen LogP contribution >= 0.6 is 0 Å². The third kappa shape index (κ3) is 4.92. The summed E-state index contributed by atoms with van der Waals surface area (Å²) in [5, 5.41) is 8.64. The highest BCUT2D eigenvalue weighted by Gasteiger charge is 2.11. The van der Waals surface area contributed by atoms with Crippen molar-refractivity contribution in [2.75, 3.05) is 26.7 Å². The van der Waals surface area contributed by atoms with E-state index in [2.05, 4.69) is 49.0 Å². The molecule has 1 aliphatic rings. The third-order valence-corrected chi connectivity index (χ3v) is 3.34.